The first-order valence-corrected chi connectivity index (χ1v) is 6.84. The maximum atomic E-state index is 11.1. The Morgan fingerprint density at radius 1 is 1.61 bits per heavy atom. The molecule has 0 aromatic rings. The van der Waals surface area contributed by atoms with Crippen molar-refractivity contribution in [2.75, 3.05) is 26.2 Å². The molecule has 18 heavy (non-hydrogen) atoms. The highest BCUT2D eigenvalue weighted by Crippen LogP contribution is 2.15. The summed E-state index contributed by atoms with van der Waals surface area (Å²) in [6.07, 6.45) is 3.14. The van der Waals surface area contributed by atoms with Crippen LogP contribution < -0.4 is 5.73 Å². The molecule has 0 saturated carbocycles. The lowest BCUT2D eigenvalue weighted by molar-refractivity contribution is -0.143. The van der Waals surface area contributed by atoms with E-state index in [0.717, 1.165) is 39.1 Å². The van der Waals surface area contributed by atoms with Crippen LogP contribution in [-0.4, -0.2) is 53.9 Å². The monoisotopic (exact) mass is 258 g/mol. The quantitative estimate of drug-likeness (QED) is 0.745. The highest BCUT2D eigenvalue weighted by atomic mass is 16.5. The molecule has 0 radical (unpaired) electrons. The summed E-state index contributed by atoms with van der Waals surface area (Å²) in [6.45, 7) is 7.59. The van der Waals surface area contributed by atoms with E-state index in [9.17, 15) is 4.79 Å². The van der Waals surface area contributed by atoms with Gasteiger partial charge in [0.05, 0.1) is 6.10 Å². The fourth-order valence-electron chi connectivity index (χ4n) is 2.34. The highest BCUT2D eigenvalue weighted by Gasteiger charge is 2.31. The normalized spacial score (nSPS) is 25.4. The van der Waals surface area contributed by atoms with Crippen molar-refractivity contribution in [1.29, 1.82) is 0 Å². The summed E-state index contributed by atoms with van der Waals surface area (Å²) in [5, 5.41) is 9.10. The van der Waals surface area contributed by atoms with Gasteiger partial charge in [0.1, 0.15) is 5.54 Å². The summed E-state index contributed by atoms with van der Waals surface area (Å²) in [4.78, 5) is 13.4. The van der Waals surface area contributed by atoms with Gasteiger partial charge < -0.3 is 20.5 Å². The molecular formula is C13H26N2O3. The standard InChI is InChI=1S/C13H26N2O3/c1-3-13(14,12(16)17)6-4-7-15-8-5-9-18-11(2)10-15/h11H,3-10,14H2,1-2H3,(H,16,17). The Hall–Kier alpha value is -0.650. The van der Waals surface area contributed by atoms with Crippen molar-refractivity contribution in [3.8, 4) is 0 Å². The van der Waals surface area contributed by atoms with Crippen LogP contribution in [0.5, 0.6) is 0 Å². The van der Waals surface area contributed by atoms with E-state index in [0.29, 0.717) is 12.8 Å². The molecule has 1 saturated heterocycles. The maximum absolute atomic E-state index is 11.1. The number of nitrogens with zero attached hydrogens (tertiary/aromatic N) is 1. The largest absolute Gasteiger partial charge is 0.480 e. The first-order valence-electron chi connectivity index (χ1n) is 6.84. The minimum absolute atomic E-state index is 0.265. The molecule has 1 aliphatic rings. The van der Waals surface area contributed by atoms with Gasteiger partial charge in [0.25, 0.3) is 0 Å². The molecule has 2 unspecified atom stereocenters. The van der Waals surface area contributed by atoms with Crippen LogP contribution in [0.1, 0.15) is 39.5 Å². The van der Waals surface area contributed by atoms with Gasteiger partial charge in [0.15, 0.2) is 0 Å². The molecular weight excluding hydrogens is 232 g/mol. The number of carboxylic acids is 1. The van der Waals surface area contributed by atoms with E-state index in [1.807, 2.05) is 6.92 Å². The average Bonchev–Trinajstić information content (AvgIpc) is 2.53. The lowest BCUT2D eigenvalue weighted by Gasteiger charge is -2.26. The van der Waals surface area contributed by atoms with Crippen LogP contribution in [0.25, 0.3) is 0 Å². The van der Waals surface area contributed by atoms with E-state index in [-0.39, 0.29) is 6.10 Å². The average molecular weight is 258 g/mol. The Labute approximate surface area is 109 Å². The SMILES string of the molecule is CCC(N)(CCCN1CCCOC(C)C1)C(=O)O. The number of carboxylic acid groups (broad SMARTS) is 1. The smallest absolute Gasteiger partial charge is 0.323 e. The predicted molar refractivity (Wildman–Crippen MR) is 70.6 cm³/mol. The molecule has 2 atom stereocenters. The van der Waals surface area contributed by atoms with Gasteiger partial charge in [-0.1, -0.05) is 6.92 Å². The molecule has 0 amide bonds. The molecule has 0 bridgehead atoms. The molecule has 1 fully saturated rings. The van der Waals surface area contributed by atoms with Gasteiger partial charge in [-0.3, -0.25) is 4.79 Å². The summed E-state index contributed by atoms with van der Waals surface area (Å²) < 4.78 is 5.58. The van der Waals surface area contributed by atoms with E-state index < -0.39 is 11.5 Å². The second-order valence-corrected chi connectivity index (χ2v) is 5.25. The van der Waals surface area contributed by atoms with Crippen molar-refractivity contribution in [2.45, 2.75) is 51.2 Å². The van der Waals surface area contributed by atoms with Crippen LogP contribution in [-0.2, 0) is 9.53 Å². The predicted octanol–water partition coefficient (Wildman–Crippen LogP) is 1.07. The zero-order chi connectivity index (χ0) is 13.6. The molecule has 3 N–H and O–H groups in total. The topological polar surface area (TPSA) is 75.8 Å². The number of hydrogen-bond donors (Lipinski definition) is 2. The number of ether oxygens (including phenoxy) is 1. The molecule has 1 heterocycles. The van der Waals surface area contributed by atoms with Crippen LogP contribution in [0, 0.1) is 0 Å². The van der Waals surface area contributed by atoms with Gasteiger partial charge in [-0.05, 0) is 39.2 Å². The maximum Gasteiger partial charge on any atom is 0.323 e. The van der Waals surface area contributed by atoms with Gasteiger partial charge in [0.2, 0.25) is 0 Å². The highest BCUT2D eigenvalue weighted by molar-refractivity contribution is 5.78. The minimum Gasteiger partial charge on any atom is -0.480 e. The number of nitrogens with two attached hydrogens (primary N) is 1. The summed E-state index contributed by atoms with van der Waals surface area (Å²) in [6, 6.07) is 0. The van der Waals surface area contributed by atoms with Gasteiger partial charge in [-0.25, -0.2) is 0 Å². The van der Waals surface area contributed by atoms with Crippen molar-refractivity contribution < 1.29 is 14.6 Å². The molecule has 106 valence electrons. The Balaban J connectivity index is 2.33. The van der Waals surface area contributed by atoms with Crippen molar-refractivity contribution in [3.05, 3.63) is 0 Å². The van der Waals surface area contributed by atoms with Crippen molar-refractivity contribution >= 4 is 5.97 Å². The number of rotatable bonds is 6. The molecule has 1 rings (SSSR count). The third-order valence-corrected chi connectivity index (χ3v) is 3.69. The van der Waals surface area contributed by atoms with Crippen molar-refractivity contribution in [1.82, 2.24) is 4.90 Å². The second-order valence-electron chi connectivity index (χ2n) is 5.25. The van der Waals surface area contributed by atoms with Crippen LogP contribution in [0.2, 0.25) is 0 Å². The summed E-state index contributed by atoms with van der Waals surface area (Å²) in [5.74, 6) is -0.891. The fraction of sp³-hybridized carbons (Fsp3) is 0.923. The Morgan fingerprint density at radius 2 is 2.33 bits per heavy atom. The molecule has 1 aliphatic heterocycles. The second kappa shape index (κ2) is 7.07. The van der Waals surface area contributed by atoms with Crippen molar-refractivity contribution in [2.24, 2.45) is 5.73 Å². The molecule has 5 nitrogen and oxygen atoms in total. The summed E-state index contributed by atoms with van der Waals surface area (Å²) >= 11 is 0. The molecule has 0 aromatic carbocycles. The minimum atomic E-state index is -1.06. The van der Waals surface area contributed by atoms with E-state index >= 15 is 0 Å². The van der Waals surface area contributed by atoms with Gasteiger partial charge in [-0.15, -0.1) is 0 Å². The number of carbonyl (C=O) groups is 1. The Bertz CT molecular complexity index is 273. The molecule has 5 heteroatoms. The summed E-state index contributed by atoms with van der Waals surface area (Å²) in [5.41, 5.74) is 4.81. The molecule has 0 aromatic heterocycles. The van der Waals surface area contributed by atoms with Crippen LogP contribution >= 0.6 is 0 Å². The van der Waals surface area contributed by atoms with E-state index in [2.05, 4.69) is 11.8 Å². The Kier molecular flexibility index (Phi) is 6.05. The summed E-state index contributed by atoms with van der Waals surface area (Å²) in [7, 11) is 0. The zero-order valence-corrected chi connectivity index (χ0v) is 11.5. The lowest BCUT2D eigenvalue weighted by Crippen LogP contribution is -2.47. The van der Waals surface area contributed by atoms with E-state index in [1.54, 1.807) is 0 Å². The van der Waals surface area contributed by atoms with E-state index in [1.165, 1.54) is 0 Å². The van der Waals surface area contributed by atoms with Gasteiger partial charge >= 0.3 is 5.97 Å². The first-order chi connectivity index (χ1) is 8.48. The number of hydrogen-bond acceptors (Lipinski definition) is 4. The van der Waals surface area contributed by atoms with Crippen molar-refractivity contribution in [3.63, 3.8) is 0 Å². The third-order valence-electron chi connectivity index (χ3n) is 3.69. The first kappa shape index (κ1) is 15.4. The Morgan fingerprint density at radius 3 is 2.94 bits per heavy atom. The van der Waals surface area contributed by atoms with Crippen LogP contribution in [0.4, 0.5) is 0 Å². The molecule has 0 spiro atoms. The van der Waals surface area contributed by atoms with Gasteiger partial charge in [-0.2, -0.15) is 0 Å². The van der Waals surface area contributed by atoms with Gasteiger partial charge in [0, 0.05) is 19.7 Å². The number of aliphatic carboxylic acids is 1. The zero-order valence-electron chi connectivity index (χ0n) is 11.5. The molecule has 0 aliphatic carbocycles. The van der Waals surface area contributed by atoms with E-state index in [4.69, 9.17) is 15.6 Å². The van der Waals surface area contributed by atoms with Crippen LogP contribution in [0.3, 0.4) is 0 Å². The lowest BCUT2D eigenvalue weighted by atomic mass is 9.92. The van der Waals surface area contributed by atoms with Crippen LogP contribution in [0.15, 0.2) is 0 Å². The fourth-order valence-corrected chi connectivity index (χ4v) is 2.34. The third kappa shape index (κ3) is 4.55.